The Kier molecular flexibility index (Phi) is 3.47. The van der Waals surface area contributed by atoms with E-state index in [9.17, 15) is 0 Å². The molecule has 0 radical (unpaired) electrons. The highest BCUT2D eigenvalue weighted by Crippen LogP contribution is 2.36. The van der Waals surface area contributed by atoms with Crippen molar-refractivity contribution in [2.45, 2.75) is 6.61 Å². The third-order valence-corrected chi connectivity index (χ3v) is 3.24. The zero-order chi connectivity index (χ0) is 13.0. The number of anilines is 1. The number of nitriles is 2. The SMILES string of the molecule is N#Cc1sc(N)c(C#N)c1OCc1ccccc1. The number of ether oxygens (including phenoxy) is 1. The van der Waals surface area contributed by atoms with E-state index in [1.807, 2.05) is 42.5 Å². The van der Waals surface area contributed by atoms with Crippen LogP contribution in [0.1, 0.15) is 16.0 Å². The second-order valence-electron chi connectivity index (χ2n) is 3.50. The second-order valence-corrected chi connectivity index (χ2v) is 4.55. The van der Waals surface area contributed by atoms with Crippen LogP contribution < -0.4 is 10.5 Å². The molecular formula is C13H9N3OS. The lowest BCUT2D eigenvalue weighted by Gasteiger charge is -2.05. The molecule has 1 aromatic heterocycles. The van der Waals surface area contributed by atoms with Gasteiger partial charge >= 0.3 is 0 Å². The molecule has 0 saturated carbocycles. The highest BCUT2D eigenvalue weighted by Gasteiger charge is 2.17. The van der Waals surface area contributed by atoms with Gasteiger partial charge < -0.3 is 10.5 Å². The summed E-state index contributed by atoms with van der Waals surface area (Å²) in [5, 5.41) is 18.3. The van der Waals surface area contributed by atoms with Crippen molar-refractivity contribution < 1.29 is 4.74 Å². The summed E-state index contributed by atoms with van der Waals surface area (Å²) in [7, 11) is 0. The van der Waals surface area contributed by atoms with Gasteiger partial charge in [-0.1, -0.05) is 30.3 Å². The monoisotopic (exact) mass is 255 g/mol. The fourth-order valence-electron chi connectivity index (χ4n) is 1.48. The normalized spacial score (nSPS) is 9.44. The Bertz CT molecular complexity index is 635. The van der Waals surface area contributed by atoms with Crippen LogP contribution in [-0.2, 0) is 6.61 Å². The Labute approximate surface area is 108 Å². The molecule has 0 aliphatic heterocycles. The number of thiophene rings is 1. The van der Waals surface area contributed by atoms with Crippen molar-refractivity contribution in [3.63, 3.8) is 0 Å². The first-order chi connectivity index (χ1) is 8.76. The van der Waals surface area contributed by atoms with Crippen LogP contribution >= 0.6 is 11.3 Å². The Morgan fingerprint density at radius 1 is 1.17 bits per heavy atom. The van der Waals surface area contributed by atoms with Crippen molar-refractivity contribution in [2.24, 2.45) is 0 Å². The summed E-state index contributed by atoms with van der Waals surface area (Å²) in [6.45, 7) is 0.306. The maximum atomic E-state index is 8.99. The minimum Gasteiger partial charge on any atom is -0.485 e. The maximum Gasteiger partial charge on any atom is 0.168 e. The van der Waals surface area contributed by atoms with Gasteiger partial charge in [0.1, 0.15) is 34.2 Å². The van der Waals surface area contributed by atoms with Gasteiger partial charge in [0.25, 0.3) is 0 Å². The minimum atomic E-state index is 0.243. The first-order valence-electron chi connectivity index (χ1n) is 5.15. The Hall–Kier alpha value is -2.50. The van der Waals surface area contributed by atoms with Crippen LogP contribution in [0.5, 0.6) is 5.75 Å². The van der Waals surface area contributed by atoms with Gasteiger partial charge in [-0.05, 0) is 5.56 Å². The fourth-order valence-corrected chi connectivity index (χ4v) is 2.24. The molecule has 0 aliphatic rings. The molecule has 0 spiro atoms. The molecule has 4 nitrogen and oxygen atoms in total. The Balaban J connectivity index is 2.25. The highest BCUT2D eigenvalue weighted by molar-refractivity contribution is 7.17. The summed E-state index contributed by atoms with van der Waals surface area (Å²) in [5.74, 6) is 0.284. The molecule has 0 amide bonds. The van der Waals surface area contributed by atoms with E-state index in [2.05, 4.69) is 0 Å². The number of rotatable bonds is 3. The molecule has 0 bridgehead atoms. The molecule has 2 rings (SSSR count). The largest absolute Gasteiger partial charge is 0.485 e. The topological polar surface area (TPSA) is 82.8 Å². The van der Waals surface area contributed by atoms with Gasteiger partial charge in [-0.3, -0.25) is 0 Å². The van der Waals surface area contributed by atoms with Crippen molar-refractivity contribution in [3.05, 3.63) is 46.3 Å². The van der Waals surface area contributed by atoms with E-state index in [1.54, 1.807) is 0 Å². The van der Waals surface area contributed by atoms with Gasteiger partial charge in [0.05, 0.1) is 0 Å². The first-order valence-corrected chi connectivity index (χ1v) is 5.97. The standard InChI is InChI=1S/C13H9N3OS/c14-6-10-12(11(7-15)18-13(10)16)17-8-9-4-2-1-3-5-9/h1-5H,8,16H2. The molecule has 0 aliphatic carbocycles. The first kappa shape index (κ1) is 12.0. The van der Waals surface area contributed by atoms with Crippen molar-refractivity contribution in [1.82, 2.24) is 0 Å². The van der Waals surface area contributed by atoms with E-state index >= 15 is 0 Å². The summed E-state index contributed by atoms with van der Waals surface area (Å²) in [5.41, 5.74) is 6.87. The van der Waals surface area contributed by atoms with Crippen LogP contribution in [0.3, 0.4) is 0 Å². The Morgan fingerprint density at radius 2 is 1.89 bits per heavy atom. The number of nitrogens with two attached hydrogens (primary N) is 1. The second kappa shape index (κ2) is 5.22. The summed E-state index contributed by atoms with van der Waals surface area (Å²) in [6.07, 6.45) is 0. The lowest BCUT2D eigenvalue weighted by Crippen LogP contribution is -1.97. The zero-order valence-corrected chi connectivity index (χ0v) is 10.2. The van der Waals surface area contributed by atoms with Crippen LogP contribution in [0.15, 0.2) is 30.3 Å². The van der Waals surface area contributed by atoms with E-state index in [-0.39, 0.29) is 11.3 Å². The Morgan fingerprint density at radius 3 is 2.50 bits per heavy atom. The van der Waals surface area contributed by atoms with Gasteiger partial charge in [0.2, 0.25) is 0 Å². The number of hydrogen-bond acceptors (Lipinski definition) is 5. The summed E-state index contributed by atoms with van der Waals surface area (Å²) >= 11 is 1.07. The lowest BCUT2D eigenvalue weighted by atomic mass is 10.2. The molecule has 88 valence electrons. The van der Waals surface area contributed by atoms with Crippen molar-refractivity contribution in [1.29, 1.82) is 10.5 Å². The van der Waals surface area contributed by atoms with E-state index in [0.29, 0.717) is 16.5 Å². The van der Waals surface area contributed by atoms with E-state index in [1.165, 1.54) is 0 Å². The fraction of sp³-hybridized carbons (Fsp3) is 0.0769. The van der Waals surface area contributed by atoms with Crippen LogP contribution in [0.2, 0.25) is 0 Å². The summed E-state index contributed by atoms with van der Waals surface area (Å²) in [4.78, 5) is 0.333. The number of nitrogen functional groups attached to an aromatic ring is 1. The van der Waals surface area contributed by atoms with Crippen molar-refractivity contribution in [3.8, 4) is 17.9 Å². The highest BCUT2D eigenvalue weighted by atomic mass is 32.1. The predicted molar refractivity (Wildman–Crippen MR) is 68.9 cm³/mol. The maximum absolute atomic E-state index is 8.99. The molecule has 1 aromatic carbocycles. The van der Waals surface area contributed by atoms with E-state index in [4.69, 9.17) is 21.0 Å². The van der Waals surface area contributed by atoms with Crippen molar-refractivity contribution >= 4 is 16.3 Å². The molecule has 1 heterocycles. The average molecular weight is 255 g/mol. The minimum absolute atomic E-state index is 0.243. The molecule has 0 atom stereocenters. The molecular weight excluding hydrogens is 246 g/mol. The van der Waals surface area contributed by atoms with E-state index in [0.717, 1.165) is 16.9 Å². The lowest BCUT2D eigenvalue weighted by molar-refractivity contribution is 0.306. The molecule has 0 fully saturated rings. The number of benzene rings is 1. The quantitative estimate of drug-likeness (QED) is 0.913. The van der Waals surface area contributed by atoms with Crippen LogP contribution in [0.25, 0.3) is 0 Å². The third-order valence-electron chi connectivity index (χ3n) is 2.33. The molecule has 18 heavy (non-hydrogen) atoms. The molecule has 5 heteroatoms. The summed E-state index contributed by atoms with van der Waals surface area (Å²) < 4.78 is 5.54. The van der Waals surface area contributed by atoms with Crippen LogP contribution in [0, 0.1) is 22.7 Å². The van der Waals surface area contributed by atoms with Gasteiger partial charge in [0.15, 0.2) is 5.75 Å². The van der Waals surface area contributed by atoms with Crippen LogP contribution in [-0.4, -0.2) is 0 Å². The van der Waals surface area contributed by atoms with Crippen LogP contribution in [0.4, 0.5) is 5.00 Å². The van der Waals surface area contributed by atoms with Gasteiger partial charge in [0, 0.05) is 0 Å². The van der Waals surface area contributed by atoms with Gasteiger partial charge in [-0.15, -0.1) is 11.3 Å². The number of hydrogen-bond donors (Lipinski definition) is 1. The zero-order valence-electron chi connectivity index (χ0n) is 9.38. The summed E-state index contributed by atoms with van der Waals surface area (Å²) in [6, 6.07) is 13.5. The molecule has 0 unspecified atom stereocenters. The smallest absolute Gasteiger partial charge is 0.168 e. The molecule has 2 N–H and O–H groups in total. The third kappa shape index (κ3) is 2.27. The number of nitrogens with zero attached hydrogens (tertiary/aromatic N) is 2. The van der Waals surface area contributed by atoms with Gasteiger partial charge in [-0.25, -0.2) is 0 Å². The molecule has 2 aromatic rings. The van der Waals surface area contributed by atoms with Gasteiger partial charge in [-0.2, -0.15) is 10.5 Å². The predicted octanol–water partition coefficient (Wildman–Crippen LogP) is 2.65. The average Bonchev–Trinajstić information content (AvgIpc) is 2.73. The van der Waals surface area contributed by atoms with Crippen molar-refractivity contribution in [2.75, 3.05) is 5.73 Å². The molecule has 0 saturated heterocycles. The van der Waals surface area contributed by atoms with E-state index < -0.39 is 0 Å².